The lowest BCUT2D eigenvalue weighted by Gasteiger charge is -2.14. The van der Waals surface area contributed by atoms with E-state index >= 15 is 0 Å². The van der Waals surface area contributed by atoms with Crippen molar-refractivity contribution in [2.24, 2.45) is 4.99 Å². The topological polar surface area (TPSA) is 74.8 Å². The fraction of sp³-hybridized carbons (Fsp3) is 0.300. The van der Waals surface area contributed by atoms with Crippen LogP contribution in [0.4, 0.5) is 13.2 Å². The van der Waals surface area contributed by atoms with Gasteiger partial charge in [-0.25, -0.2) is 4.39 Å². The number of hydrogen-bond acceptors (Lipinski definition) is 3. The van der Waals surface area contributed by atoms with Crippen molar-refractivity contribution in [3.05, 3.63) is 65.0 Å². The number of halogens is 3. The maximum absolute atomic E-state index is 13.5. The molecule has 6 nitrogen and oxygen atoms in total. The molecule has 1 amide bonds. The van der Waals surface area contributed by atoms with Crippen LogP contribution in [-0.4, -0.2) is 38.6 Å². The zero-order chi connectivity index (χ0) is 21.2. The molecular weight excluding hydrogens is 385 g/mol. The summed E-state index contributed by atoms with van der Waals surface area (Å²) in [7, 11) is 1.56. The third-order valence-corrected chi connectivity index (χ3v) is 4.00. The fourth-order valence-electron chi connectivity index (χ4n) is 2.45. The van der Waals surface area contributed by atoms with Crippen LogP contribution in [0.2, 0.25) is 0 Å². The monoisotopic (exact) mass is 408 g/mol. The molecule has 0 atom stereocenters. The third-order valence-electron chi connectivity index (χ3n) is 4.00. The Kier molecular flexibility index (Phi) is 8.32. The van der Waals surface area contributed by atoms with Crippen molar-refractivity contribution in [1.82, 2.24) is 16.0 Å². The first-order chi connectivity index (χ1) is 13.9. The lowest BCUT2D eigenvalue weighted by Crippen LogP contribution is -2.41. The van der Waals surface area contributed by atoms with Crippen molar-refractivity contribution < 1.29 is 22.7 Å². The highest BCUT2D eigenvalue weighted by Crippen LogP contribution is 2.19. The van der Waals surface area contributed by atoms with E-state index in [1.165, 1.54) is 12.1 Å². The Labute approximate surface area is 167 Å². The summed E-state index contributed by atoms with van der Waals surface area (Å²) in [5.41, 5.74) is 1.26. The summed E-state index contributed by atoms with van der Waals surface area (Å²) in [6.07, 6.45) is 0. The van der Waals surface area contributed by atoms with Crippen LogP contribution in [0.1, 0.15) is 21.5 Å². The molecule has 0 unspecified atom stereocenters. The number of guanidine groups is 1. The van der Waals surface area contributed by atoms with E-state index in [0.717, 1.165) is 0 Å². The molecule has 0 aliphatic rings. The lowest BCUT2D eigenvalue weighted by atomic mass is 10.1. The van der Waals surface area contributed by atoms with Crippen molar-refractivity contribution >= 4 is 11.9 Å². The van der Waals surface area contributed by atoms with Crippen molar-refractivity contribution in [3.8, 4) is 5.75 Å². The average molecular weight is 408 g/mol. The molecule has 0 saturated heterocycles. The molecule has 156 valence electrons. The lowest BCUT2D eigenvalue weighted by molar-refractivity contribution is -0.0504. The van der Waals surface area contributed by atoms with Crippen molar-refractivity contribution in [2.75, 3.05) is 20.1 Å². The summed E-state index contributed by atoms with van der Waals surface area (Å²) in [6, 6.07) is 10.7. The molecule has 0 aliphatic carbocycles. The normalized spacial score (nSPS) is 11.3. The SMILES string of the molecule is CN=C(NCCNC(=O)c1ccc(C)c(F)c1)NCc1ccccc1OC(F)F. The number of amides is 1. The predicted octanol–water partition coefficient (Wildman–Crippen LogP) is 2.83. The third kappa shape index (κ3) is 7.02. The number of rotatable bonds is 8. The van der Waals surface area contributed by atoms with Gasteiger partial charge in [-0.05, 0) is 30.7 Å². The quantitative estimate of drug-likeness (QED) is 0.357. The van der Waals surface area contributed by atoms with Crippen LogP contribution in [0.15, 0.2) is 47.5 Å². The predicted molar refractivity (Wildman–Crippen MR) is 105 cm³/mol. The minimum atomic E-state index is -2.90. The Balaban J connectivity index is 1.78. The first-order valence-electron chi connectivity index (χ1n) is 8.92. The summed E-state index contributed by atoms with van der Waals surface area (Å²) in [6.45, 7) is -0.427. The van der Waals surface area contributed by atoms with Gasteiger partial charge in [-0.15, -0.1) is 0 Å². The van der Waals surface area contributed by atoms with Crippen LogP contribution in [0.25, 0.3) is 0 Å². The zero-order valence-electron chi connectivity index (χ0n) is 16.1. The second kappa shape index (κ2) is 10.9. The number of alkyl halides is 2. The van der Waals surface area contributed by atoms with Gasteiger partial charge in [0, 0.05) is 37.8 Å². The molecule has 3 N–H and O–H groups in total. The van der Waals surface area contributed by atoms with Gasteiger partial charge in [-0.1, -0.05) is 24.3 Å². The van der Waals surface area contributed by atoms with E-state index in [1.807, 2.05) is 0 Å². The van der Waals surface area contributed by atoms with Crippen LogP contribution < -0.4 is 20.7 Å². The molecule has 0 spiro atoms. The van der Waals surface area contributed by atoms with Gasteiger partial charge in [0.1, 0.15) is 11.6 Å². The zero-order valence-corrected chi connectivity index (χ0v) is 16.1. The van der Waals surface area contributed by atoms with Gasteiger partial charge in [0.15, 0.2) is 5.96 Å². The van der Waals surface area contributed by atoms with Crippen LogP contribution in [0.3, 0.4) is 0 Å². The summed E-state index contributed by atoms with van der Waals surface area (Å²) in [5, 5.41) is 8.65. The number of hydrogen-bond donors (Lipinski definition) is 3. The van der Waals surface area contributed by atoms with Crippen LogP contribution in [0.5, 0.6) is 5.75 Å². The van der Waals surface area contributed by atoms with E-state index < -0.39 is 12.4 Å². The highest BCUT2D eigenvalue weighted by Gasteiger charge is 2.10. The molecule has 0 heterocycles. The molecular formula is C20H23F3N4O2. The second-order valence-electron chi connectivity index (χ2n) is 6.06. The van der Waals surface area contributed by atoms with E-state index in [2.05, 4.69) is 25.7 Å². The fourth-order valence-corrected chi connectivity index (χ4v) is 2.45. The Morgan fingerprint density at radius 1 is 1.10 bits per heavy atom. The largest absolute Gasteiger partial charge is 0.434 e. The molecule has 0 aromatic heterocycles. The minimum absolute atomic E-state index is 0.0862. The first-order valence-corrected chi connectivity index (χ1v) is 8.92. The van der Waals surface area contributed by atoms with Gasteiger partial charge in [-0.3, -0.25) is 9.79 Å². The van der Waals surface area contributed by atoms with Crippen LogP contribution in [0, 0.1) is 12.7 Å². The standard InChI is InChI=1S/C20H23F3N4O2/c1-13-7-8-14(11-16(13)21)18(28)25-9-10-26-20(24-2)27-12-15-5-3-4-6-17(15)29-19(22)23/h3-8,11,19H,9-10,12H2,1-2H3,(H,25,28)(H2,24,26,27). The molecule has 2 aromatic carbocycles. The molecule has 2 rings (SSSR count). The molecule has 0 bridgehead atoms. The van der Waals surface area contributed by atoms with E-state index in [9.17, 15) is 18.0 Å². The molecule has 0 fully saturated rings. The smallest absolute Gasteiger partial charge is 0.387 e. The molecule has 2 aromatic rings. The van der Waals surface area contributed by atoms with E-state index in [-0.39, 0.29) is 30.3 Å². The number of nitrogens with zero attached hydrogens (tertiary/aromatic N) is 1. The van der Waals surface area contributed by atoms with E-state index in [4.69, 9.17) is 0 Å². The van der Waals surface area contributed by atoms with Gasteiger partial charge in [0.05, 0.1) is 0 Å². The van der Waals surface area contributed by atoms with Gasteiger partial charge < -0.3 is 20.7 Å². The van der Waals surface area contributed by atoms with Gasteiger partial charge in [0.25, 0.3) is 5.91 Å². The maximum Gasteiger partial charge on any atom is 0.387 e. The first kappa shape index (κ1) is 22.1. The van der Waals surface area contributed by atoms with E-state index in [1.54, 1.807) is 44.3 Å². The highest BCUT2D eigenvalue weighted by atomic mass is 19.3. The Morgan fingerprint density at radius 3 is 2.52 bits per heavy atom. The number of para-hydroxylation sites is 1. The van der Waals surface area contributed by atoms with Gasteiger partial charge in [-0.2, -0.15) is 8.78 Å². The molecule has 0 radical (unpaired) electrons. The molecule has 9 heteroatoms. The Bertz CT molecular complexity index is 859. The summed E-state index contributed by atoms with van der Waals surface area (Å²) in [5.74, 6) is -0.307. The molecule has 29 heavy (non-hydrogen) atoms. The van der Waals surface area contributed by atoms with Crippen molar-refractivity contribution in [2.45, 2.75) is 20.1 Å². The van der Waals surface area contributed by atoms with E-state index in [0.29, 0.717) is 23.6 Å². The number of carbonyl (C=O) groups is 1. The maximum atomic E-state index is 13.5. The van der Waals surface area contributed by atoms with Crippen LogP contribution >= 0.6 is 0 Å². The van der Waals surface area contributed by atoms with Gasteiger partial charge in [0.2, 0.25) is 0 Å². The summed E-state index contributed by atoms with van der Waals surface area (Å²) >= 11 is 0. The highest BCUT2D eigenvalue weighted by molar-refractivity contribution is 5.94. The van der Waals surface area contributed by atoms with Gasteiger partial charge >= 0.3 is 6.61 Å². The Morgan fingerprint density at radius 2 is 1.83 bits per heavy atom. The second-order valence-corrected chi connectivity index (χ2v) is 6.06. The number of aryl methyl sites for hydroxylation is 1. The number of nitrogens with one attached hydrogen (secondary N) is 3. The number of aliphatic imine (C=N–C) groups is 1. The van der Waals surface area contributed by atoms with Crippen molar-refractivity contribution in [1.29, 1.82) is 0 Å². The summed E-state index contributed by atoms with van der Waals surface area (Å²) < 4.78 is 43.0. The van der Waals surface area contributed by atoms with Crippen LogP contribution in [-0.2, 0) is 6.54 Å². The number of benzene rings is 2. The summed E-state index contributed by atoms with van der Waals surface area (Å²) in [4.78, 5) is 16.1. The Hall–Kier alpha value is -3.23. The molecule has 0 saturated carbocycles. The number of ether oxygens (including phenoxy) is 1. The number of carbonyl (C=O) groups excluding carboxylic acids is 1. The minimum Gasteiger partial charge on any atom is -0.434 e. The average Bonchev–Trinajstić information content (AvgIpc) is 2.70. The van der Waals surface area contributed by atoms with Crippen molar-refractivity contribution in [3.63, 3.8) is 0 Å². The molecule has 0 aliphatic heterocycles.